The maximum absolute atomic E-state index is 13.7. The second-order valence-corrected chi connectivity index (χ2v) is 8.53. The zero-order chi connectivity index (χ0) is 19.4. The van der Waals surface area contributed by atoms with E-state index in [0.717, 1.165) is 22.6 Å². The fourth-order valence-corrected chi connectivity index (χ4v) is 4.82. The van der Waals surface area contributed by atoms with Crippen molar-refractivity contribution in [3.63, 3.8) is 0 Å². The van der Waals surface area contributed by atoms with E-state index in [0.29, 0.717) is 11.5 Å². The van der Waals surface area contributed by atoms with Crippen molar-refractivity contribution in [2.75, 3.05) is 12.2 Å². The number of rotatable bonds is 5. The minimum atomic E-state index is -3.04. The maximum atomic E-state index is 13.7. The van der Waals surface area contributed by atoms with Crippen molar-refractivity contribution < 1.29 is 14.0 Å². The molecule has 0 saturated carbocycles. The standard InChI is InChI=1S/C23H20NO3P/c1-26-21-14-12-20(13-15-21)24-28(25)16-22(18-8-4-2-5-9-18)27-23(17-28)19-10-6-3-7-11-19/h2-17H,1H3,(H,24,25). The van der Waals surface area contributed by atoms with Crippen LogP contribution in [0.1, 0.15) is 11.1 Å². The highest BCUT2D eigenvalue weighted by Gasteiger charge is 2.27. The first kappa shape index (κ1) is 18.1. The molecule has 0 fully saturated rings. The van der Waals surface area contributed by atoms with Gasteiger partial charge in [0.1, 0.15) is 17.3 Å². The second kappa shape index (κ2) is 7.79. The Morgan fingerprint density at radius 3 is 1.71 bits per heavy atom. The molecule has 28 heavy (non-hydrogen) atoms. The van der Waals surface area contributed by atoms with Crippen LogP contribution in [0.25, 0.3) is 11.5 Å². The molecule has 0 radical (unpaired) electrons. The lowest BCUT2D eigenvalue weighted by atomic mass is 10.2. The van der Waals surface area contributed by atoms with Gasteiger partial charge in [-0.3, -0.25) is 4.57 Å². The highest BCUT2D eigenvalue weighted by Crippen LogP contribution is 2.56. The van der Waals surface area contributed by atoms with Crippen molar-refractivity contribution in [3.05, 3.63) is 108 Å². The zero-order valence-corrected chi connectivity index (χ0v) is 16.3. The number of ether oxygens (including phenoxy) is 2. The summed E-state index contributed by atoms with van der Waals surface area (Å²) in [6.45, 7) is 0. The Bertz CT molecular complexity index is 999. The van der Waals surface area contributed by atoms with Gasteiger partial charge in [0.25, 0.3) is 0 Å². The lowest BCUT2D eigenvalue weighted by Gasteiger charge is -2.24. The third-order valence-corrected chi connectivity index (χ3v) is 6.19. The van der Waals surface area contributed by atoms with E-state index in [4.69, 9.17) is 9.47 Å². The minimum Gasteiger partial charge on any atom is -0.497 e. The van der Waals surface area contributed by atoms with Crippen LogP contribution < -0.4 is 9.82 Å². The van der Waals surface area contributed by atoms with Gasteiger partial charge in [-0.15, -0.1) is 0 Å². The topological polar surface area (TPSA) is 47.6 Å². The molecule has 1 N–H and O–H groups in total. The van der Waals surface area contributed by atoms with Crippen molar-refractivity contribution in [3.8, 4) is 5.75 Å². The van der Waals surface area contributed by atoms with Crippen molar-refractivity contribution in [2.45, 2.75) is 0 Å². The summed E-state index contributed by atoms with van der Waals surface area (Å²) in [4.78, 5) is 0. The number of benzene rings is 3. The first-order valence-electron chi connectivity index (χ1n) is 8.91. The molecule has 4 nitrogen and oxygen atoms in total. The van der Waals surface area contributed by atoms with Crippen molar-refractivity contribution in [1.29, 1.82) is 0 Å². The normalized spacial score (nSPS) is 15.0. The van der Waals surface area contributed by atoms with Gasteiger partial charge in [0.15, 0.2) is 0 Å². The van der Waals surface area contributed by atoms with Crippen LogP contribution in [0.15, 0.2) is 96.6 Å². The first-order valence-corrected chi connectivity index (χ1v) is 10.8. The highest BCUT2D eigenvalue weighted by molar-refractivity contribution is 7.72. The molecule has 5 heteroatoms. The fourth-order valence-electron chi connectivity index (χ4n) is 2.96. The number of nitrogens with one attached hydrogen (secondary N) is 1. The molecule has 0 aliphatic carbocycles. The number of hydrogen-bond donors (Lipinski definition) is 1. The Hall–Kier alpha value is -3.23. The molecular formula is C23H20NO3P. The van der Waals surface area contributed by atoms with Crippen molar-refractivity contribution >= 4 is 24.5 Å². The van der Waals surface area contributed by atoms with Crippen LogP contribution in [0, 0.1) is 0 Å². The number of anilines is 1. The van der Waals surface area contributed by atoms with E-state index >= 15 is 0 Å². The van der Waals surface area contributed by atoms with E-state index < -0.39 is 7.29 Å². The Morgan fingerprint density at radius 2 is 1.25 bits per heavy atom. The van der Waals surface area contributed by atoms with E-state index in [-0.39, 0.29) is 0 Å². The molecular weight excluding hydrogens is 369 g/mol. The zero-order valence-electron chi connectivity index (χ0n) is 15.4. The molecule has 0 saturated heterocycles. The van der Waals surface area contributed by atoms with E-state index in [1.165, 1.54) is 0 Å². The van der Waals surface area contributed by atoms with Crippen LogP contribution >= 0.6 is 7.29 Å². The molecule has 0 spiro atoms. The SMILES string of the molecule is COc1ccc(NP2(=O)C=C(c3ccccc3)OC(c3ccccc3)=C2)cc1. The molecule has 1 aliphatic rings. The van der Waals surface area contributed by atoms with Gasteiger partial charge in [-0.05, 0) is 24.3 Å². The Balaban J connectivity index is 1.74. The van der Waals surface area contributed by atoms with Gasteiger partial charge in [0.2, 0.25) is 7.29 Å². The van der Waals surface area contributed by atoms with Crippen LogP contribution in [0.4, 0.5) is 5.69 Å². The predicted molar refractivity (Wildman–Crippen MR) is 114 cm³/mol. The second-order valence-electron chi connectivity index (χ2n) is 6.37. The summed E-state index contributed by atoms with van der Waals surface area (Å²) in [7, 11) is -1.42. The Morgan fingerprint density at radius 1 is 0.750 bits per heavy atom. The fraction of sp³-hybridized carbons (Fsp3) is 0.0435. The molecule has 0 atom stereocenters. The van der Waals surface area contributed by atoms with Crippen LogP contribution in [0.3, 0.4) is 0 Å². The van der Waals surface area contributed by atoms with Crippen LogP contribution in [-0.2, 0) is 9.30 Å². The largest absolute Gasteiger partial charge is 0.497 e. The van der Waals surface area contributed by atoms with Gasteiger partial charge < -0.3 is 14.6 Å². The molecule has 0 bridgehead atoms. The van der Waals surface area contributed by atoms with Gasteiger partial charge in [0.05, 0.1) is 7.11 Å². The average molecular weight is 389 g/mol. The molecule has 0 aromatic heterocycles. The van der Waals surface area contributed by atoms with E-state index in [1.54, 1.807) is 18.7 Å². The monoisotopic (exact) mass is 389 g/mol. The molecule has 4 rings (SSSR count). The van der Waals surface area contributed by atoms with Gasteiger partial charge in [0, 0.05) is 28.4 Å². The van der Waals surface area contributed by atoms with E-state index in [2.05, 4.69) is 5.09 Å². The summed E-state index contributed by atoms with van der Waals surface area (Å²) in [5, 5.41) is 3.18. The van der Waals surface area contributed by atoms with Crippen LogP contribution in [0.2, 0.25) is 0 Å². The molecule has 3 aromatic rings. The van der Waals surface area contributed by atoms with Crippen LogP contribution in [-0.4, -0.2) is 7.11 Å². The van der Waals surface area contributed by atoms with Crippen molar-refractivity contribution in [2.24, 2.45) is 0 Å². The summed E-state index contributed by atoms with van der Waals surface area (Å²) in [5.74, 6) is 5.26. The van der Waals surface area contributed by atoms with E-state index in [1.807, 2.05) is 84.9 Å². The summed E-state index contributed by atoms with van der Waals surface area (Å²) < 4.78 is 25.1. The quantitative estimate of drug-likeness (QED) is 0.512. The van der Waals surface area contributed by atoms with E-state index in [9.17, 15) is 4.57 Å². The summed E-state index contributed by atoms with van der Waals surface area (Å²) in [6.07, 6.45) is 0. The van der Waals surface area contributed by atoms with Gasteiger partial charge in [-0.25, -0.2) is 0 Å². The number of hydrogen-bond acceptors (Lipinski definition) is 3. The average Bonchev–Trinajstić information content (AvgIpc) is 2.75. The molecule has 0 amide bonds. The first-order chi connectivity index (χ1) is 13.6. The summed E-state index contributed by atoms with van der Waals surface area (Å²) in [5.41, 5.74) is 2.50. The molecule has 1 aliphatic heterocycles. The third-order valence-electron chi connectivity index (χ3n) is 4.35. The smallest absolute Gasteiger partial charge is 0.220 e. The molecule has 1 heterocycles. The minimum absolute atomic E-state index is 0.575. The molecule has 3 aromatic carbocycles. The van der Waals surface area contributed by atoms with Crippen molar-refractivity contribution in [1.82, 2.24) is 0 Å². The Kier molecular flexibility index (Phi) is 5.05. The maximum Gasteiger partial charge on any atom is 0.220 e. The lowest BCUT2D eigenvalue weighted by Crippen LogP contribution is -2.03. The highest BCUT2D eigenvalue weighted by atomic mass is 31.2. The van der Waals surface area contributed by atoms with Gasteiger partial charge >= 0.3 is 0 Å². The molecule has 140 valence electrons. The third kappa shape index (κ3) is 4.03. The predicted octanol–water partition coefficient (Wildman–Crippen LogP) is 6.41. The van der Waals surface area contributed by atoms with Gasteiger partial charge in [-0.2, -0.15) is 0 Å². The number of methoxy groups -OCH3 is 1. The van der Waals surface area contributed by atoms with Gasteiger partial charge in [-0.1, -0.05) is 60.7 Å². The Labute approximate surface area is 164 Å². The van der Waals surface area contributed by atoms with Crippen LogP contribution in [0.5, 0.6) is 5.75 Å². The molecule has 0 unspecified atom stereocenters. The summed E-state index contributed by atoms with van der Waals surface area (Å²) in [6, 6.07) is 26.7. The lowest BCUT2D eigenvalue weighted by molar-refractivity contribution is 0.415. The summed E-state index contributed by atoms with van der Waals surface area (Å²) >= 11 is 0.